The molecule has 2 aliphatic rings. The zero-order valence-electron chi connectivity index (χ0n) is 11.1. The van der Waals surface area contributed by atoms with Gasteiger partial charge in [0, 0.05) is 38.3 Å². The topological polar surface area (TPSA) is 24.5 Å². The first-order valence-corrected chi connectivity index (χ1v) is 6.91. The number of methoxy groups -OCH3 is 1. The van der Waals surface area contributed by atoms with Crippen LogP contribution in [0.2, 0.25) is 0 Å². The van der Waals surface area contributed by atoms with Crippen LogP contribution >= 0.6 is 0 Å². The second kappa shape index (κ2) is 5.29. The maximum atomic E-state index is 5.26. The molecular formula is C15H22N2O. The van der Waals surface area contributed by atoms with Gasteiger partial charge in [-0.2, -0.15) is 0 Å². The molecule has 2 unspecified atom stereocenters. The van der Waals surface area contributed by atoms with Crippen LogP contribution in [0.15, 0.2) is 24.3 Å². The summed E-state index contributed by atoms with van der Waals surface area (Å²) in [7, 11) is 1.81. The van der Waals surface area contributed by atoms with E-state index in [1.807, 2.05) is 0 Å². The smallest absolute Gasteiger partial charge is 0.0503 e. The van der Waals surface area contributed by atoms with E-state index in [4.69, 9.17) is 4.74 Å². The van der Waals surface area contributed by atoms with E-state index in [9.17, 15) is 0 Å². The van der Waals surface area contributed by atoms with Crippen molar-refractivity contribution in [1.29, 1.82) is 0 Å². The van der Waals surface area contributed by atoms with E-state index >= 15 is 0 Å². The second-order valence-corrected chi connectivity index (χ2v) is 5.53. The molecule has 1 aromatic carbocycles. The largest absolute Gasteiger partial charge is 0.384 e. The fraction of sp³-hybridized carbons (Fsp3) is 0.600. The first-order valence-electron chi connectivity index (χ1n) is 6.91. The van der Waals surface area contributed by atoms with Gasteiger partial charge in [0.05, 0.1) is 6.61 Å². The fourth-order valence-electron chi connectivity index (χ4n) is 3.28. The Bertz CT molecular complexity index is 407. The number of para-hydroxylation sites is 1. The van der Waals surface area contributed by atoms with Crippen LogP contribution in [-0.2, 0) is 4.74 Å². The third-order valence-corrected chi connectivity index (χ3v) is 4.19. The number of ether oxygens (including phenoxy) is 1. The highest BCUT2D eigenvalue weighted by molar-refractivity contribution is 5.57. The van der Waals surface area contributed by atoms with Crippen molar-refractivity contribution in [3.8, 4) is 0 Å². The maximum Gasteiger partial charge on any atom is 0.0503 e. The van der Waals surface area contributed by atoms with Crippen molar-refractivity contribution in [1.82, 2.24) is 4.90 Å². The number of nitrogens with one attached hydrogen (secondary N) is 1. The summed E-state index contributed by atoms with van der Waals surface area (Å²) in [4.78, 5) is 2.60. The Morgan fingerprint density at radius 1 is 1.39 bits per heavy atom. The Labute approximate surface area is 109 Å². The van der Waals surface area contributed by atoms with Gasteiger partial charge in [0.1, 0.15) is 0 Å². The first-order chi connectivity index (χ1) is 8.86. The van der Waals surface area contributed by atoms with Crippen LogP contribution in [0.5, 0.6) is 0 Å². The third kappa shape index (κ3) is 2.38. The number of anilines is 1. The molecule has 1 saturated heterocycles. The average molecular weight is 246 g/mol. The minimum atomic E-state index is 0.655. The summed E-state index contributed by atoms with van der Waals surface area (Å²) >= 11 is 0. The highest BCUT2D eigenvalue weighted by Crippen LogP contribution is 2.32. The van der Waals surface area contributed by atoms with Crippen LogP contribution < -0.4 is 5.32 Å². The van der Waals surface area contributed by atoms with Gasteiger partial charge < -0.3 is 15.0 Å². The van der Waals surface area contributed by atoms with Crippen LogP contribution in [0.1, 0.15) is 17.9 Å². The Kier molecular flexibility index (Phi) is 3.52. The average Bonchev–Trinajstić information content (AvgIpc) is 2.99. The summed E-state index contributed by atoms with van der Waals surface area (Å²) in [6.07, 6.45) is 1.29. The van der Waals surface area contributed by atoms with Gasteiger partial charge in [0.2, 0.25) is 0 Å². The number of hydrogen-bond acceptors (Lipinski definition) is 3. The molecule has 0 spiro atoms. The van der Waals surface area contributed by atoms with Gasteiger partial charge in [0.15, 0.2) is 0 Å². The van der Waals surface area contributed by atoms with E-state index < -0.39 is 0 Å². The summed E-state index contributed by atoms with van der Waals surface area (Å²) in [5.74, 6) is 1.39. The molecule has 98 valence electrons. The Hall–Kier alpha value is -1.06. The lowest BCUT2D eigenvalue weighted by atomic mass is 10.0. The molecule has 3 rings (SSSR count). The highest BCUT2D eigenvalue weighted by atomic mass is 16.5. The Morgan fingerprint density at radius 2 is 2.28 bits per heavy atom. The molecule has 1 aromatic rings. The van der Waals surface area contributed by atoms with Crippen molar-refractivity contribution in [2.45, 2.75) is 12.3 Å². The number of fused-ring (bicyclic) bond motifs is 1. The molecule has 0 aromatic heterocycles. The zero-order valence-corrected chi connectivity index (χ0v) is 11.1. The number of hydrogen-bond donors (Lipinski definition) is 1. The molecule has 0 saturated carbocycles. The van der Waals surface area contributed by atoms with E-state index in [2.05, 4.69) is 34.5 Å². The normalized spacial score (nSPS) is 27.2. The second-order valence-electron chi connectivity index (χ2n) is 5.53. The number of rotatable bonds is 4. The Morgan fingerprint density at radius 3 is 3.17 bits per heavy atom. The molecule has 2 heterocycles. The molecule has 0 amide bonds. The summed E-state index contributed by atoms with van der Waals surface area (Å²) in [6.45, 7) is 5.62. The molecular weight excluding hydrogens is 224 g/mol. The summed E-state index contributed by atoms with van der Waals surface area (Å²) < 4.78 is 5.26. The van der Waals surface area contributed by atoms with Crippen LogP contribution in [0.3, 0.4) is 0 Å². The van der Waals surface area contributed by atoms with Crippen molar-refractivity contribution in [2.75, 3.05) is 45.2 Å². The molecule has 0 aliphatic carbocycles. The van der Waals surface area contributed by atoms with Gasteiger partial charge in [-0.05, 0) is 30.5 Å². The molecule has 18 heavy (non-hydrogen) atoms. The molecule has 0 radical (unpaired) electrons. The third-order valence-electron chi connectivity index (χ3n) is 4.19. The van der Waals surface area contributed by atoms with Gasteiger partial charge in [0.25, 0.3) is 0 Å². The van der Waals surface area contributed by atoms with E-state index in [0.717, 1.165) is 19.1 Å². The van der Waals surface area contributed by atoms with Crippen molar-refractivity contribution in [3.63, 3.8) is 0 Å². The quantitative estimate of drug-likeness (QED) is 0.881. The first kappa shape index (κ1) is 12.0. The fourth-order valence-corrected chi connectivity index (χ4v) is 3.28. The van der Waals surface area contributed by atoms with Crippen LogP contribution in [-0.4, -0.2) is 44.8 Å². The number of benzene rings is 1. The molecule has 2 atom stereocenters. The lowest BCUT2D eigenvalue weighted by Crippen LogP contribution is -2.28. The molecule has 3 heteroatoms. The SMILES string of the molecule is COCC1CCN(CC2CNc3ccccc32)C1. The van der Waals surface area contributed by atoms with Crippen molar-refractivity contribution in [3.05, 3.63) is 29.8 Å². The predicted octanol–water partition coefficient (Wildman–Crippen LogP) is 2.16. The van der Waals surface area contributed by atoms with Gasteiger partial charge >= 0.3 is 0 Å². The van der Waals surface area contributed by atoms with Crippen LogP contribution in [0.4, 0.5) is 5.69 Å². The van der Waals surface area contributed by atoms with E-state index in [1.54, 1.807) is 7.11 Å². The van der Waals surface area contributed by atoms with Gasteiger partial charge in [-0.3, -0.25) is 0 Å². The van der Waals surface area contributed by atoms with Gasteiger partial charge in [-0.1, -0.05) is 18.2 Å². The van der Waals surface area contributed by atoms with Crippen LogP contribution in [0.25, 0.3) is 0 Å². The minimum absolute atomic E-state index is 0.655. The molecule has 1 N–H and O–H groups in total. The van der Waals surface area contributed by atoms with E-state index in [-0.39, 0.29) is 0 Å². The van der Waals surface area contributed by atoms with E-state index in [0.29, 0.717) is 5.92 Å². The Balaban J connectivity index is 1.59. The minimum Gasteiger partial charge on any atom is -0.384 e. The molecule has 3 nitrogen and oxygen atoms in total. The molecule has 0 bridgehead atoms. The summed E-state index contributed by atoms with van der Waals surface area (Å²) in [6, 6.07) is 8.71. The number of likely N-dealkylation sites (tertiary alicyclic amines) is 1. The van der Waals surface area contributed by atoms with Crippen LogP contribution in [0, 0.1) is 5.92 Å². The zero-order chi connectivity index (χ0) is 12.4. The molecule has 1 fully saturated rings. The monoisotopic (exact) mass is 246 g/mol. The summed E-state index contributed by atoms with van der Waals surface area (Å²) in [5.41, 5.74) is 2.82. The standard InChI is InChI=1S/C15H22N2O/c1-18-11-12-6-7-17(9-12)10-13-8-16-15-5-3-2-4-14(13)15/h2-5,12-13,16H,6-11H2,1H3. The summed E-state index contributed by atoms with van der Waals surface area (Å²) in [5, 5.41) is 3.51. The number of nitrogens with zero attached hydrogens (tertiary/aromatic N) is 1. The van der Waals surface area contributed by atoms with E-state index in [1.165, 1.54) is 37.3 Å². The van der Waals surface area contributed by atoms with Crippen molar-refractivity contribution in [2.24, 2.45) is 5.92 Å². The predicted molar refractivity (Wildman–Crippen MR) is 74.1 cm³/mol. The van der Waals surface area contributed by atoms with Crippen molar-refractivity contribution < 1.29 is 4.74 Å². The highest BCUT2D eigenvalue weighted by Gasteiger charge is 2.28. The van der Waals surface area contributed by atoms with Gasteiger partial charge in [-0.15, -0.1) is 0 Å². The maximum absolute atomic E-state index is 5.26. The van der Waals surface area contributed by atoms with Crippen molar-refractivity contribution >= 4 is 5.69 Å². The van der Waals surface area contributed by atoms with Gasteiger partial charge in [-0.25, -0.2) is 0 Å². The molecule has 2 aliphatic heterocycles. The lowest BCUT2D eigenvalue weighted by molar-refractivity contribution is 0.152. The lowest BCUT2D eigenvalue weighted by Gasteiger charge is -2.20.